The fourth-order valence-corrected chi connectivity index (χ4v) is 4.97. The summed E-state index contributed by atoms with van der Waals surface area (Å²) in [6, 6.07) is 11.1. The van der Waals surface area contributed by atoms with Crippen LogP contribution in [0.25, 0.3) is 0 Å². The minimum Gasteiger partial charge on any atom is -0.486 e. The second-order valence-corrected chi connectivity index (χ2v) is 9.07. The van der Waals surface area contributed by atoms with Crippen LogP contribution in [0.2, 0.25) is 10.0 Å². The van der Waals surface area contributed by atoms with Crippen LogP contribution in [-0.2, 0) is 19.4 Å². The summed E-state index contributed by atoms with van der Waals surface area (Å²) in [6.07, 6.45) is 3.42. The third kappa shape index (κ3) is 3.66. The number of hydrogen-bond donors (Lipinski definition) is 0. The number of ether oxygens (including phenoxy) is 1. The van der Waals surface area contributed by atoms with Gasteiger partial charge in [0, 0.05) is 11.3 Å². The van der Waals surface area contributed by atoms with Crippen molar-refractivity contribution in [3.8, 4) is 5.75 Å². The van der Waals surface area contributed by atoms with Crippen molar-refractivity contribution >= 4 is 40.9 Å². The van der Waals surface area contributed by atoms with E-state index in [1.165, 1.54) is 17.5 Å². The van der Waals surface area contributed by atoms with E-state index in [2.05, 4.69) is 22.3 Å². The molecule has 5 rings (SSSR count). The zero-order valence-electron chi connectivity index (χ0n) is 16.0. The summed E-state index contributed by atoms with van der Waals surface area (Å²) in [5.74, 6) is 1.93. The molecule has 0 bridgehead atoms. The SMILES string of the molecule is O=C(c1ccc(Cl)c(Cl)c1)N1CCSc2nnc(COc3ccc4c(c3)CCC4)n21. The van der Waals surface area contributed by atoms with Gasteiger partial charge >= 0.3 is 0 Å². The lowest BCUT2D eigenvalue weighted by Crippen LogP contribution is -2.45. The molecule has 0 saturated carbocycles. The van der Waals surface area contributed by atoms with Crippen molar-refractivity contribution < 1.29 is 9.53 Å². The molecule has 2 aliphatic rings. The van der Waals surface area contributed by atoms with Gasteiger partial charge in [0.15, 0.2) is 5.82 Å². The van der Waals surface area contributed by atoms with Crippen LogP contribution in [0.1, 0.15) is 33.7 Å². The van der Waals surface area contributed by atoms with Gasteiger partial charge in [-0.2, -0.15) is 0 Å². The van der Waals surface area contributed by atoms with E-state index in [4.69, 9.17) is 27.9 Å². The Labute approximate surface area is 188 Å². The van der Waals surface area contributed by atoms with Gasteiger partial charge in [-0.25, -0.2) is 9.69 Å². The van der Waals surface area contributed by atoms with E-state index in [0.29, 0.717) is 33.1 Å². The van der Waals surface area contributed by atoms with Crippen molar-refractivity contribution in [1.29, 1.82) is 0 Å². The third-order valence-corrected chi connectivity index (χ3v) is 6.93. The Bertz CT molecular complexity index is 1130. The van der Waals surface area contributed by atoms with Gasteiger partial charge in [-0.15, -0.1) is 10.2 Å². The summed E-state index contributed by atoms with van der Waals surface area (Å²) >= 11 is 13.7. The highest BCUT2D eigenvalue weighted by Gasteiger charge is 2.28. The van der Waals surface area contributed by atoms with E-state index in [1.807, 2.05) is 6.07 Å². The average molecular weight is 461 g/mol. The predicted octanol–water partition coefficient (Wildman–Crippen LogP) is 4.54. The first kappa shape index (κ1) is 19.7. The number of rotatable bonds is 4. The summed E-state index contributed by atoms with van der Waals surface area (Å²) in [5, 5.41) is 11.6. The molecule has 2 heterocycles. The second kappa shape index (κ2) is 8.13. The third-order valence-electron chi connectivity index (χ3n) is 5.29. The Kier molecular flexibility index (Phi) is 5.35. The molecule has 30 heavy (non-hydrogen) atoms. The van der Waals surface area contributed by atoms with Gasteiger partial charge in [0.05, 0.1) is 16.6 Å². The van der Waals surface area contributed by atoms with Gasteiger partial charge in [-0.1, -0.05) is 41.0 Å². The van der Waals surface area contributed by atoms with Crippen molar-refractivity contribution in [3.63, 3.8) is 0 Å². The molecule has 2 aromatic carbocycles. The van der Waals surface area contributed by atoms with Gasteiger partial charge in [0.1, 0.15) is 12.4 Å². The molecule has 0 radical (unpaired) electrons. The fourth-order valence-electron chi connectivity index (χ4n) is 3.80. The number of thioether (sulfide) groups is 1. The highest BCUT2D eigenvalue weighted by molar-refractivity contribution is 7.99. The first-order valence-electron chi connectivity index (χ1n) is 9.69. The summed E-state index contributed by atoms with van der Waals surface area (Å²) in [6.45, 7) is 0.748. The molecule has 0 fully saturated rings. The molecule has 1 amide bonds. The number of benzene rings is 2. The smallest absolute Gasteiger partial charge is 0.272 e. The molecule has 0 atom stereocenters. The maximum atomic E-state index is 13.2. The number of halogens is 2. The van der Waals surface area contributed by atoms with Crippen LogP contribution in [0, 0.1) is 0 Å². The van der Waals surface area contributed by atoms with E-state index in [0.717, 1.165) is 24.3 Å². The van der Waals surface area contributed by atoms with E-state index < -0.39 is 0 Å². The van der Waals surface area contributed by atoms with E-state index in [9.17, 15) is 4.79 Å². The van der Waals surface area contributed by atoms with Gasteiger partial charge in [-0.05, 0) is 60.7 Å². The minimum atomic E-state index is -0.186. The number of hydrogen-bond acceptors (Lipinski definition) is 5. The zero-order chi connectivity index (χ0) is 20.7. The first-order chi connectivity index (χ1) is 14.6. The minimum absolute atomic E-state index is 0.186. The van der Waals surface area contributed by atoms with E-state index in [1.54, 1.807) is 39.6 Å². The Hall–Kier alpha value is -2.22. The summed E-state index contributed by atoms with van der Waals surface area (Å²) in [7, 11) is 0. The number of nitrogens with zero attached hydrogens (tertiary/aromatic N) is 4. The van der Waals surface area contributed by atoms with Crippen molar-refractivity contribution in [2.45, 2.75) is 31.0 Å². The quantitative estimate of drug-likeness (QED) is 0.571. The lowest BCUT2D eigenvalue weighted by molar-refractivity contribution is 0.0953. The van der Waals surface area contributed by atoms with Crippen LogP contribution in [-0.4, -0.2) is 33.1 Å². The standard InChI is InChI=1S/C21H18Cl2N4O2S/c22-17-7-5-15(11-18(17)23)20(28)26-8-9-30-21-25-24-19(27(21)26)12-29-16-6-4-13-2-1-3-14(13)10-16/h4-7,10-11H,1-3,8-9,12H2. The zero-order valence-corrected chi connectivity index (χ0v) is 18.3. The molecular formula is C21H18Cl2N4O2S. The molecule has 154 valence electrons. The van der Waals surface area contributed by atoms with Gasteiger partial charge in [-0.3, -0.25) is 4.79 Å². The molecule has 0 spiro atoms. The Morgan fingerprint density at radius 3 is 2.80 bits per heavy atom. The monoisotopic (exact) mass is 460 g/mol. The maximum Gasteiger partial charge on any atom is 0.272 e. The molecule has 0 N–H and O–H groups in total. The summed E-state index contributed by atoms with van der Waals surface area (Å²) < 4.78 is 7.74. The lowest BCUT2D eigenvalue weighted by atomic mass is 10.1. The Morgan fingerprint density at radius 1 is 1.07 bits per heavy atom. The average Bonchev–Trinajstić information content (AvgIpc) is 3.40. The molecular weight excluding hydrogens is 443 g/mol. The number of aryl methyl sites for hydroxylation is 2. The van der Waals surface area contributed by atoms with E-state index in [-0.39, 0.29) is 12.5 Å². The number of carbonyl (C=O) groups excluding carboxylic acids is 1. The number of carbonyl (C=O) groups is 1. The molecule has 1 aliphatic heterocycles. The van der Waals surface area contributed by atoms with Crippen molar-refractivity contribution in [2.24, 2.45) is 0 Å². The number of amides is 1. The summed E-state index contributed by atoms with van der Waals surface area (Å²) in [5.41, 5.74) is 3.21. The fraction of sp³-hybridized carbons (Fsp3) is 0.286. The normalized spacial score (nSPS) is 15.1. The number of aromatic nitrogens is 3. The van der Waals surface area contributed by atoms with Gasteiger partial charge in [0.2, 0.25) is 5.16 Å². The van der Waals surface area contributed by atoms with Gasteiger partial charge in [0.25, 0.3) is 5.91 Å². The maximum absolute atomic E-state index is 13.2. The van der Waals surface area contributed by atoms with Crippen LogP contribution in [0.3, 0.4) is 0 Å². The van der Waals surface area contributed by atoms with Crippen LogP contribution >= 0.6 is 35.0 Å². The second-order valence-electron chi connectivity index (χ2n) is 7.19. The lowest BCUT2D eigenvalue weighted by Gasteiger charge is -2.29. The van der Waals surface area contributed by atoms with Crippen molar-refractivity contribution in [3.05, 3.63) is 69.0 Å². The largest absolute Gasteiger partial charge is 0.486 e. The molecule has 0 saturated heterocycles. The van der Waals surface area contributed by atoms with Gasteiger partial charge < -0.3 is 4.74 Å². The molecule has 1 aliphatic carbocycles. The molecule has 0 unspecified atom stereocenters. The van der Waals surface area contributed by atoms with Crippen LogP contribution < -0.4 is 9.75 Å². The Morgan fingerprint density at radius 2 is 1.93 bits per heavy atom. The molecule has 1 aromatic heterocycles. The van der Waals surface area contributed by atoms with E-state index >= 15 is 0 Å². The molecule has 6 nitrogen and oxygen atoms in total. The topological polar surface area (TPSA) is 60.3 Å². The van der Waals surface area contributed by atoms with Crippen LogP contribution in [0.15, 0.2) is 41.6 Å². The summed E-state index contributed by atoms with van der Waals surface area (Å²) in [4.78, 5) is 13.2. The molecule has 9 heteroatoms. The highest BCUT2D eigenvalue weighted by Crippen LogP contribution is 2.28. The van der Waals surface area contributed by atoms with Crippen molar-refractivity contribution in [2.75, 3.05) is 17.3 Å². The number of fused-ring (bicyclic) bond motifs is 2. The highest BCUT2D eigenvalue weighted by atomic mass is 35.5. The first-order valence-corrected chi connectivity index (χ1v) is 11.4. The molecule has 3 aromatic rings. The van der Waals surface area contributed by atoms with Crippen molar-refractivity contribution in [1.82, 2.24) is 14.9 Å². The van der Waals surface area contributed by atoms with Crippen LogP contribution in [0.4, 0.5) is 0 Å². The Balaban J connectivity index is 1.39. The predicted molar refractivity (Wildman–Crippen MR) is 117 cm³/mol. The van der Waals surface area contributed by atoms with Crippen LogP contribution in [0.5, 0.6) is 5.75 Å².